The van der Waals surface area contributed by atoms with Gasteiger partial charge in [0, 0.05) is 18.6 Å². The molecule has 3 nitrogen and oxygen atoms in total. The number of hydrogen-bond donors (Lipinski definition) is 1. The Balaban J connectivity index is 1.53. The lowest BCUT2D eigenvalue weighted by Crippen LogP contribution is -2.42. The standard InChI is InChI=1S/C14H23NO2/c16-13(10-15-12-3-4-12)11-5-8-17-14(9-11)6-1-2-7-14/h11-12,15H,1-10H2. The lowest BCUT2D eigenvalue weighted by Gasteiger charge is -2.37. The molecule has 3 heteroatoms. The number of hydrogen-bond acceptors (Lipinski definition) is 3. The zero-order chi connectivity index (χ0) is 11.7. The molecule has 1 aliphatic heterocycles. The van der Waals surface area contributed by atoms with E-state index in [1.807, 2.05) is 0 Å². The molecule has 3 aliphatic rings. The third-order valence-corrected chi connectivity index (χ3v) is 4.61. The Bertz CT molecular complexity index is 293. The first kappa shape index (κ1) is 11.7. The first-order chi connectivity index (χ1) is 8.27. The summed E-state index contributed by atoms with van der Waals surface area (Å²) in [6.45, 7) is 1.38. The number of rotatable bonds is 4. The van der Waals surface area contributed by atoms with Crippen molar-refractivity contribution < 1.29 is 9.53 Å². The molecule has 3 fully saturated rings. The molecule has 17 heavy (non-hydrogen) atoms. The molecule has 0 aromatic rings. The Kier molecular flexibility index (Phi) is 3.22. The molecule has 0 radical (unpaired) electrons. The molecule has 2 saturated carbocycles. The lowest BCUT2D eigenvalue weighted by atomic mass is 9.82. The van der Waals surface area contributed by atoms with Crippen LogP contribution in [0.25, 0.3) is 0 Å². The van der Waals surface area contributed by atoms with Crippen LogP contribution in [0.2, 0.25) is 0 Å². The molecule has 1 spiro atoms. The normalized spacial score (nSPS) is 31.9. The summed E-state index contributed by atoms with van der Waals surface area (Å²) < 4.78 is 5.97. The van der Waals surface area contributed by atoms with E-state index in [4.69, 9.17) is 4.74 Å². The smallest absolute Gasteiger partial charge is 0.149 e. The van der Waals surface area contributed by atoms with E-state index in [1.54, 1.807) is 0 Å². The number of carbonyl (C=O) groups is 1. The van der Waals surface area contributed by atoms with Crippen LogP contribution in [0.1, 0.15) is 51.4 Å². The van der Waals surface area contributed by atoms with Crippen LogP contribution in [0.4, 0.5) is 0 Å². The van der Waals surface area contributed by atoms with E-state index in [-0.39, 0.29) is 11.5 Å². The van der Waals surface area contributed by atoms with Gasteiger partial charge in [0.2, 0.25) is 0 Å². The minimum Gasteiger partial charge on any atom is -0.375 e. The summed E-state index contributed by atoms with van der Waals surface area (Å²) in [5.41, 5.74) is 0.0815. The van der Waals surface area contributed by atoms with E-state index >= 15 is 0 Å². The Hall–Kier alpha value is -0.410. The van der Waals surface area contributed by atoms with Crippen molar-refractivity contribution >= 4 is 5.78 Å². The van der Waals surface area contributed by atoms with Gasteiger partial charge in [-0.25, -0.2) is 0 Å². The molecule has 1 saturated heterocycles. The highest BCUT2D eigenvalue weighted by molar-refractivity contribution is 5.83. The van der Waals surface area contributed by atoms with Gasteiger partial charge in [0.25, 0.3) is 0 Å². The quantitative estimate of drug-likeness (QED) is 0.813. The molecule has 1 heterocycles. The average Bonchev–Trinajstić information content (AvgIpc) is 3.08. The van der Waals surface area contributed by atoms with E-state index in [0.717, 1.165) is 19.4 Å². The second-order valence-corrected chi connectivity index (χ2v) is 6.05. The third-order valence-electron chi connectivity index (χ3n) is 4.61. The van der Waals surface area contributed by atoms with Gasteiger partial charge < -0.3 is 10.1 Å². The van der Waals surface area contributed by atoms with Gasteiger partial charge >= 0.3 is 0 Å². The SMILES string of the molecule is O=C(CNC1CC1)C1CCOC2(CCCC2)C1. The Morgan fingerprint density at radius 1 is 1.24 bits per heavy atom. The van der Waals surface area contributed by atoms with Gasteiger partial charge in [-0.1, -0.05) is 12.8 Å². The fourth-order valence-corrected chi connectivity index (χ4v) is 3.35. The summed E-state index contributed by atoms with van der Waals surface area (Å²) in [4.78, 5) is 12.2. The van der Waals surface area contributed by atoms with Gasteiger partial charge in [-0.05, 0) is 38.5 Å². The molecular weight excluding hydrogens is 214 g/mol. The van der Waals surface area contributed by atoms with Crippen molar-refractivity contribution in [3.05, 3.63) is 0 Å². The van der Waals surface area contributed by atoms with Crippen LogP contribution in [-0.4, -0.2) is 30.6 Å². The average molecular weight is 237 g/mol. The molecule has 0 aromatic carbocycles. The molecule has 96 valence electrons. The van der Waals surface area contributed by atoms with E-state index in [9.17, 15) is 4.79 Å². The van der Waals surface area contributed by atoms with Gasteiger partial charge in [-0.15, -0.1) is 0 Å². The largest absolute Gasteiger partial charge is 0.375 e. The highest BCUT2D eigenvalue weighted by atomic mass is 16.5. The van der Waals surface area contributed by atoms with Crippen LogP contribution in [0.3, 0.4) is 0 Å². The lowest BCUT2D eigenvalue weighted by molar-refractivity contribution is -0.135. The summed E-state index contributed by atoms with van der Waals surface area (Å²) in [5.74, 6) is 0.680. The maximum Gasteiger partial charge on any atom is 0.149 e. The van der Waals surface area contributed by atoms with Crippen LogP contribution < -0.4 is 5.32 Å². The highest BCUT2D eigenvalue weighted by Gasteiger charge is 2.41. The van der Waals surface area contributed by atoms with E-state index in [2.05, 4.69) is 5.32 Å². The fourth-order valence-electron chi connectivity index (χ4n) is 3.35. The minimum absolute atomic E-state index is 0.0815. The van der Waals surface area contributed by atoms with Crippen LogP contribution >= 0.6 is 0 Å². The van der Waals surface area contributed by atoms with Crippen molar-refractivity contribution in [2.45, 2.75) is 63.0 Å². The number of ether oxygens (including phenoxy) is 1. The third kappa shape index (κ3) is 2.71. The zero-order valence-corrected chi connectivity index (χ0v) is 10.5. The second kappa shape index (κ2) is 4.69. The molecule has 2 aliphatic carbocycles. The van der Waals surface area contributed by atoms with E-state index in [1.165, 1.54) is 38.5 Å². The van der Waals surface area contributed by atoms with Crippen molar-refractivity contribution in [1.82, 2.24) is 5.32 Å². The zero-order valence-electron chi connectivity index (χ0n) is 10.5. The molecule has 3 rings (SSSR count). The highest BCUT2D eigenvalue weighted by Crippen LogP contribution is 2.42. The van der Waals surface area contributed by atoms with Crippen molar-refractivity contribution in [2.24, 2.45) is 5.92 Å². The molecule has 0 amide bonds. The maximum absolute atomic E-state index is 12.2. The predicted octanol–water partition coefficient (Wildman–Crippen LogP) is 2.05. The van der Waals surface area contributed by atoms with E-state index < -0.39 is 0 Å². The van der Waals surface area contributed by atoms with Gasteiger partial charge in [0.1, 0.15) is 5.78 Å². The van der Waals surface area contributed by atoms with Gasteiger partial charge in [0.05, 0.1) is 12.1 Å². The molecule has 1 N–H and O–H groups in total. The topological polar surface area (TPSA) is 38.3 Å². The Labute approximate surface area is 103 Å². The summed E-state index contributed by atoms with van der Waals surface area (Å²) in [5, 5.41) is 3.34. The van der Waals surface area contributed by atoms with Crippen molar-refractivity contribution in [3.63, 3.8) is 0 Å². The molecular formula is C14H23NO2. The first-order valence-electron chi connectivity index (χ1n) is 7.18. The summed E-state index contributed by atoms with van der Waals surface area (Å²) in [7, 11) is 0. The minimum atomic E-state index is 0.0815. The Morgan fingerprint density at radius 2 is 2.00 bits per heavy atom. The van der Waals surface area contributed by atoms with E-state index in [0.29, 0.717) is 18.4 Å². The van der Waals surface area contributed by atoms with Crippen molar-refractivity contribution in [3.8, 4) is 0 Å². The summed E-state index contributed by atoms with van der Waals surface area (Å²) in [6, 6.07) is 0.638. The summed E-state index contributed by atoms with van der Waals surface area (Å²) in [6.07, 6.45) is 9.34. The van der Waals surface area contributed by atoms with Gasteiger partial charge in [-0.2, -0.15) is 0 Å². The number of carbonyl (C=O) groups excluding carboxylic acids is 1. The second-order valence-electron chi connectivity index (χ2n) is 6.05. The Morgan fingerprint density at radius 3 is 2.71 bits per heavy atom. The van der Waals surface area contributed by atoms with Crippen LogP contribution in [0.15, 0.2) is 0 Å². The van der Waals surface area contributed by atoms with Crippen LogP contribution in [-0.2, 0) is 9.53 Å². The van der Waals surface area contributed by atoms with Crippen LogP contribution in [0, 0.1) is 5.92 Å². The van der Waals surface area contributed by atoms with Crippen LogP contribution in [0.5, 0.6) is 0 Å². The molecule has 0 bridgehead atoms. The monoisotopic (exact) mass is 237 g/mol. The molecule has 1 unspecified atom stereocenters. The van der Waals surface area contributed by atoms with Crippen molar-refractivity contribution in [1.29, 1.82) is 0 Å². The summed E-state index contributed by atoms with van der Waals surface area (Å²) >= 11 is 0. The van der Waals surface area contributed by atoms with Gasteiger partial charge in [-0.3, -0.25) is 4.79 Å². The number of Topliss-reactive ketones (excluding diaryl/α,β-unsaturated/α-hetero) is 1. The first-order valence-corrected chi connectivity index (χ1v) is 7.18. The molecule has 0 aromatic heterocycles. The molecule has 1 atom stereocenters. The predicted molar refractivity (Wildman–Crippen MR) is 65.9 cm³/mol. The number of ketones is 1. The maximum atomic E-state index is 12.2. The fraction of sp³-hybridized carbons (Fsp3) is 0.929. The van der Waals surface area contributed by atoms with Gasteiger partial charge in [0.15, 0.2) is 0 Å². The number of nitrogens with one attached hydrogen (secondary N) is 1. The van der Waals surface area contributed by atoms with Crippen molar-refractivity contribution in [2.75, 3.05) is 13.2 Å².